The minimum atomic E-state index is -6.11. The molecule has 2 N–H and O–H groups in total. The number of amides is 1. The van der Waals surface area contributed by atoms with Crippen LogP contribution in [0.2, 0.25) is 0 Å². The van der Waals surface area contributed by atoms with Crippen LogP contribution in [0.3, 0.4) is 0 Å². The number of carbonyl (C=O) groups is 1. The molecule has 0 saturated heterocycles. The number of halogens is 1. The predicted octanol–water partition coefficient (Wildman–Crippen LogP) is -4.66. The molecule has 0 saturated carbocycles. The van der Waals surface area contributed by atoms with Crippen LogP contribution >= 0.6 is 15.2 Å². The molecule has 1 heterocycles. The minimum Gasteiger partial charge on any atom is -0.809 e. The fourth-order valence-electron chi connectivity index (χ4n) is 1.11. The van der Waals surface area contributed by atoms with E-state index in [0.717, 1.165) is 5.32 Å². The number of nitrogens with zero attached hydrogens (tertiary/aromatic N) is 1. The Morgan fingerprint density at radius 2 is 1.68 bits per heavy atom. The zero-order valence-electron chi connectivity index (χ0n) is 9.93. The summed E-state index contributed by atoms with van der Waals surface area (Å²) in [7, 11) is -12.2. The van der Waals surface area contributed by atoms with E-state index in [-0.39, 0.29) is 31.2 Å². The van der Waals surface area contributed by atoms with E-state index in [2.05, 4.69) is 0 Å². The van der Waals surface area contributed by atoms with Crippen LogP contribution in [0, 0.1) is 5.82 Å². The summed E-state index contributed by atoms with van der Waals surface area (Å²) in [4.78, 5) is 77.0. The predicted molar refractivity (Wildman–Crippen MR) is 54.2 cm³/mol. The zero-order chi connectivity index (χ0) is 16.6. The summed E-state index contributed by atoms with van der Waals surface area (Å²) in [5.74, 6) is -1.64. The van der Waals surface area contributed by atoms with E-state index in [4.69, 9.17) is 0 Å². The smallest absolute Gasteiger partial charge is 0.336 e. The number of aromatic amines is 1. The Labute approximate surface area is 133 Å². The van der Waals surface area contributed by atoms with Gasteiger partial charge in [0.05, 0.1) is 11.7 Å². The van der Waals surface area contributed by atoms with Gasteiger partial charge in [0.15, 0.2) is 0 Å². The first kappa shape index (κ1) is 21.0. The van der Waals surface area contributed by atoms with Crippen molar-refractivity contribution in [3.05, 3.63) is 32.9 Å². The van der Waals surface area contributed by atoms with Crippen LogP contribution in [0.25, 0.3) is 0 Å². The van der Waals surface area contributed by atoms with Gasteiger partial charge in [-0.25, -0.2) is 14.2 Å². The molecule has 16 heteroatoms. The minimum absolute atomic E-state index is 0. The molecule has 1 aromatic heterocycles. The van der Waals surface area contributed by atoms with E-state index in [9.17, 15) is 47.5 Å². The van der Waals surface area contributed by atoms with Gasteiger partial charge in [-0.15, -0.1) is 0 Å². The maximum Gasteiger partial charge on any atom is 0.336 e. The average Bonchev–Trinajstić information content (AvgIpc) is 2.27. The Kier molecular flexibility index (Phi) is 6.77. The van der Waals surface area contributed by atoms with Gasteiger partial charge < -0.3 is 34.0 Å². The molecule has 0 bridgehead atoms. The molecule has 0 aliphatic carbocycles. The SMILES string of the molecule is O=C(NC(P(=O)([O-])[O-])P(=O)([O-])[O-])n1cc(F)c(=O)[nH]c1=O.[188Re]. The van der Waals surface area contributed by atoms with E-state index < -0.39 is 43.8 Å². The number of hydrogen-bond acceptors (Lipinski definition) is 9. The van der Waals surface area contributed by atoms with Crippen molar-refractivity contribution in [1.29, 1.82) is 0 Å². The molecule has 0 aromatic carbocycles. The van der Waals surface area contributed by atoms with Gasteiger partial charge in [0.1, 0.15) is 0 Å². The quantitative estimate of drug-likeness (QED) is 0.359. The first-order valence-corrected chi connectivity index (χ1v) is 7.92. The maximum atomic E-state index is 12.9. The number of aromatic nitrogens is 2. The van der Waals surface area contributed by atoms with E-state index in [1.165, 1.54) is 4.98 Å². The summed E-state index contributed by atoms with van der Waals surface area (Å²) in [6.45, 7) is 0. The summed E-state index contributed by atoms with van der Waals surface area (Å²) in [6.07, 6.45) is 0.00856. The first-order chi connectivity index (χ1) is 9.34. The molecule has 0 aliphatic rings. The number of rotatable bonds is 3. The molecular weight excluding hydrogens is 527 g/mol. The second kappa shape index (κ2) is 7.08. The van der Waals surface area contributed by atoms with Crippen LogP contribution in [0.5, 0.6) is 0 Å². The molecule has 0 spiro atoms. The number of H-pyrrole nitrogens is 1. The van der Waals surface area contributed by atoms with Crippen LogP contribution in [0.4, 0.5) is 9.18 Å². The molecule has 0 atom stereocenters. The fraction of sp³-hybridized carbons (Fsp3) is 0.167. The molecule has 12 nitrogen and oxygen atoms in total. The molecule has 1 amide bonds. The summed E-state index contributed by atoms with van der Waals surface area (Å²) < 4.78 is 33.8. The molecule has 0 fully saturated rings. The summed E-state index contributed by atoms with van der Waals surface area (Å²) in [5.41, 5.74) is -6.44. The van der Waals surface area contributed by atoms with E-state index in [1.54, 1.807) is 0 Å². The van der Waals surface area contributed by atoms with Crippen molar-refractivity contribution in [3.8, 4) is 0 Å². The van der Waals surface area contributed by atoms with Crippen molar-refractivity contribution in [1.82, 2.24) is 14.9 Å². The third-order valence-corrected chi connectivity index (χ3v) is 5.12. The molecule has 0 unspecified atom stereocenters. The molecule has 22 heavy (non-hydrogen) atoms. The average molecular weight is 531 g/mol. The van der Waals surface area contributed by atoms with Gasteiger partial charge in [-0.3, -0.25) is 9.78 Å². The van der Waals surface area contributed by atoms with Gasteiger partial charge in [-0.2, -0.15) is 4.39 Å². The maximum absolute atomic E-state index is 12.9. The first-order valence-electron chi connectivity index (χ1n) is 4.70. The summed E-state index contributed by atoms with van der Waals surface area (Å²) >= 11 is 0. The van der Waals surface area contributed by atoms with Crippen LogP contribution in [-0.2, 0) is 29.6 Å². The van der Waals surface area contributed by atoms with Crippen molar-refractivity contribution >= 4 is 21.2 Å². The summed E-state index contributed by atoms with van der Waals surface area (Å²) in [5, 5.41) is 0.960. The monoisotopic (exact) mass is 531 g/mol. The van der Waals surface area contributed by atoms with E-state index >= 15 is 0 Å². The summed E-state index contributed by atoms with van der Waals surface area (Å²) in [6, 6.07) is -1.92. The second-order valence-corrected chi connectivity index (χ2v) is 7.11. The van der Waals surface area contributed by atoms with Gasteiger partial charge in [-0.05, 0) is 15.2 Å². The third-order valence-electron chi connectivity index (χ3n) is 1.97. The van der Waals surface area contributed by atoms with Gasteiger partial charge in [0.25, 0.3) is 5.56 Å². The van der Waals surface area contributed by atoms with Crippen molar-refractivity contribution < 1.29 is 58.3 Å². The van der Waals surface area contributed by atoms with Crippen molar-refractivity contribution in [3.63, 3.8) is 0 Å². The number of nitrogens with one attached hydrogen (secondary N) is 2. The second-order valence-electron chi connectivity index (χ2n) is 3.51. The molecule has 1 aromatic rings. The van der Waals surface area contributed by atoms with Crippen molar-refractivity contribution in [2.45, 2.75) is 5.52 Å². The number of carbonyl (C=O) groups excluding carboxylic acids is 1. The topological polar surface area (TPSA) is 210 Å². The van der Waals surface area contributed by atoms with Crippen molar-refractivity contribution in [2.75, 3.05) is 0 Å². The van der Waals surface area contributed by atoms with Gasteiger partial charge in [-0.1, -0.05) is 0 Å². The fourth-order valence-corrected chi connectivity index (χ4v) is 3.03. The van der Waals surface area contributed by atoms with Crippen LogP contribution in [0.15, 0.2) is 15.8 Å². The van der Waals surface area contributed by atoms with Gasteiger partial charge in [0.2, 0.25) is 5.82 Å². The molecule has 1 rings (SSSR count). The van der Waals surface area contributed by atoms with Gasteiger partial charge in [0, 0.05) is 20.4 Å². The largest absolute Gasteiger partial charge is 0.809 e. The van der Waals surface area contributed by atoms with Crippen LogP contribution in [0.1, 0.15) is 0 Å². The Balaban J connectivity index is 0.00000441. The molecule has 1 radical (unpaired) electrons. The Morgan fingerprint density at radius 1 is 1.23 bits per heavy atom. The Morgan fingerprint density at radius 3 is 2.09 bits per heavy atom. The Bertz CT molecular complexity index is 756. The van der Waals surface area contributed by atoms with Crippen molar-refractivity contribution in [2.24, 2.45) is 0 Å². The van der Waals surface area contributed by atoms with E-state index in [1.807, 2.05) is 0 Å². The third kappa shape index (κ3) is 5.05. The van der Waals surface area contributed by atoms with Gasteiger partial charge >= 0.3 is 11.7 Å². The molecule has 0 aliphatic heterocycles. The Hall–Kier alpha value is -0.958. The normalized spacial score (nSPS) is 11.9. The number of hydrogen-bond donors (Lipinski definition) is 2. The van der Waals surface area contributed by atoms with Crippen LogP contribution in [-0.4, -0.2) is 21.1 Å². The zero-order valence-corrected chi connectivity index (χ0v) is 14.4. The van der Waals surface area contributed by atoms with E-state index in [0.29, 0.717) is 0 Å². The standard InChI is InChI=1S/C6H8FN3O9P2.Re/c7-2-1-10(4(12)8-3(2)11)5(13)9-6(20(14,15)16)21(17,18)19;/h1,6H,(H,9,13)(H,8,11,12)(H2,14,15,16)(H2,17,18,19);/p-4/i;1+2. The molecule has 125 valence electrons. The van der Waals surface area contributed by atoms with Crippen LogP contribution < -0.4 is 36.1 Å². The molecular formula is C6H4FN3O9P2Re-4.